The number of rotatable bonds is 5. The first kappa shape index (κ1) is 14.1. The minimum atomic E-state index is 0.195. The standard InChI is InChI=1S/C17H17N3O2/c1-22-16-9-5-6-13(17(16)21)10-11-14-12-20(19-18-14)15-7-3-2-4-8-15/h2-9,12,21H,10-11H2,1H3. The molecule has 0 unspecified atom stereocenters. The van der Waals surface area contributed by atoms with E-state index in [1.54, 1.807) is 17.9 Å². The highest BCUT2D eigenvalue weighted by molar-refractivity contribution is 5.45. The summed E-state index contributed by atoms with van der Waals surface area (Å²) in [4.78, 5) is 0. The molecule has 3 aromatic rings. The highest BCUT2D eigenvalue weighted by Crippen LogP contribution is 2.30. The molecule has 0 fully saturated rings. The quantitative estimate of drug-likeness (QED) is 0.786. The van der Waals surface area contributed by atoms with Crippen molar-refractivity contribution in [2.75, 3.05) is 7.11 Å². The molecule has 3 rings (SSSR count). The molecule has 0 aliphatic carbocycles. The van der Waals surface area contributed by atoms with E-state index in [4.69, 9.17) is 4.74 Å². The number of hydrogen-bond donors (Lipinski definition) is 1. The summed E-state index contributed by atoms with van der Waals surface area (Å²) in [6, 6.07) is 15.3. The lowest BCUT2D eigenvalue weighted by Gasteiger charge is -2.07. The van der Waals surface area contributed by atoms with Gasteiger partial charge in [0.15, 0.2) is 11.5 Å². The molecule has 5 heteroatoms. The Balaban J connectivity index is 1.72. The predicted octanol–water partition coefficient (Wildman–Crippen LogP) is 2.77. The summed E-state index contributed by atoms with van der Waals surface area (Å²) in [7, 11) is 1.55. The zero-order valence-electron chi connectivity index (χ0n) is 12.3. The van der Waals surface area contributed by atoms with Gasteiger partial charge in [-0.3, -0.25) is 0 Å². The van der Waals surface area contributed by atoms with Gasteiger partial charge >= 0.3 is 0 Å². The Morgan fingerprint density at radius 2 is 1.86 bits per heavy atom. The Labute approximate surface area is 128 Å². The Morgan fingerprint density at radius 1 is 1.05 bits per heavy atom. The Bertz CT molecular complexity index is 754. The fourth-order valence-electron chi connectivity index (χ4n) is 2.32. The van der Waals surface area contributed by atoms with Gasteiger partial charge in [0.25, 0.3) is 0 Å². The first-order valence-electron chi connectivity index (χ1n) is 7.09. The van der Waals surface area contributed by atoms with Crippen LogP contribution in [-0.2, 0) is 12.8 Å². The van der Waals surface area contributed by atoms with Crippen LogP contribution in [0.15, 0.2) is 54.7 Å². The number of aromatic nitrogens is 3. The van der Waals surface area contributed by atoms with Gasteiger partial charge in [0.2, 0.25) is 0 Å². The van der Waals surface area contributed by atoms with E-state index < -0.39 is 0 Å². The van der Waals surface area contributed by atoms with Crippen LogP contribution in [0.3, 0.4) is 0 Å². The average Bonchev–Trinajstić information content (AvgIpc) is 3.04. The van der Waals surface area contributed by atoms with E-state index in [0.29, 0.717) is 18.6 Å². The molecule has 1 aromatic heterocycles. The Hall–Kier alpha value is -2.82. The zero-order valence-corrected chi connectivity index (χ0v) is 12.3. The van der Waals surface area contributed by atoms with Gasteiger partial charge < -0.3 is 9.84 Å². The number of aryl methyl sites for hydroxylation is 2. The summed E-state index contributed by atoms with van der Waals surface area (Å²) < 4.78 is 6.87. The number of ether oxygens (including phenoxy) is 1. The number of para-hydroxylation sites is 2. The van der Waals surface area contributed by atoms with Gasteiger partial charge in [-0.15, -0.1) is 5.10 Å². The van der Waals surface area contributed by atoms with Crippen molar-refractivity contribution < 1.29 is 9.84 Å². The second-order valence-corrected chi connectivity index (χ2v) is 4.96. The zero-order chi connectivity index (χ0) is 15.4. The smallest absolute Gasteiger partial charge is 0.160 e. The Kier molecular flexibility index (Phi) is 4.05. The van der Waals surface area contributed by atoms with Crippen molar-refractivity contribution in [3.63, 3.8) is 0 Å². The van der Waals surface area contributed by atoms with Crippen LogP contribution in [-0.4, -0.2) is 27.2 Å². The maximum Gasteiger partial charge on any atom is 0.160 e. The van der Waals surface area contributed by atoms with Gasteiger partial charge in [-0.05, 0) is 36.6 Å². The van der Waals surface area contributed by atoms with Crippen molar-refractivity contribution >= 4 is 0 Å². The summed E-state index contributed by atoms with van der Waals surface area (Å²) in [5.74, 6) is 0.686. The second kappa shape index (κ2) is 6.30. The van der Waals surface area contributed by atoms with Crippen LogP contribution in [0.5, 0.6) is 11.5 Å². The molecule has 0 amide bonds. The van der Waals surface area contributed by atoms with E-state index in [2.05, 4.69) is 10.3 Å². The maximum absolute atomic E-state index is 10.1. The predicted molar refractivity (Wildman–Crippen MR) is 83.4 cm³/mol. The molecule has 22 heavy (non-hydrogen) atoms. The van der Waals surface area contributed by atoms with Crippen molar-refractivity contribution in [3.05, 3.63) is 66.0 Å². The highest BCUT2D eigenvalue weighted by Gasteiger charge is 2.09. The Morgan fingerprint density at radius 3 is 2.64 bits per heavy atom. The monoisotopic (exact) mass is 295 g/mol. The molecule has 112 valence electrons. The number of phenols is 1. The molecule has 0 bridgehead atoms. The van der Waals surface area contributed by atoms with E-state index in [-0.39, 0.29) is 5.75 Å². The van der Waals surface area contributed by atoms with Crippen molar-refractivity contribution in [3.8, 4) is 17.2 Å². The number of aromatic hydroxyl groups is 1. The van der Waals surface area contributed by atoms with Crippen molar-refractivity contribution in [1.29, 1.82) is 0 Å². The molecule has 0 atom stereocenters. The van der Waals surface area contributed by atoms with Gasteiger partial charge in [-0.1, -0.05) is 35.5 Å². The fraction of sp³-hybridized carbons (Fsp3) is 0.176. The fourth-order valence-corrected chi connectivity index (χ4v) is 2.32. The van der Waals surface area contributed by atoms with Gasteiger partial charge in [-0.25, -0.2) is 4.68 Å². The summed E-state index contributed by atoms with van der Waals surface area (Å²) in [6.45, 7) is 0. The van der Waals surface area contributed by atoms with Crippen LogP contribution in [0.4, 0.5) is 0 Å². The van der Waals surface area contributed by atoms with Gasteiger partial charge in [-0.2, -0.15) is 0 Å². The van der Waals surface area contributed by atoms with Crippen LogP contribution in [0, 0.1) is 0 Å². The third kappa shape index (κ3) is 2.93. The third-order valence-electron chi connectivity index (χ3n) is 3.51. The molecule has 2 aromatic carbocycles. The first-order valence-corrected chi connectivity index (χ1v) is 7.09. The molecular formula is C17H17N3O2. The lowest BCUT2D eigenvalue weighted by atomic mass is 10.1. The molecule has 5 nitrogen and oxygen atoms in total. The number of hydrogen-bond acceptors (Lipinski definition) is 4. The van der Waals surface area contributed by atoms with Crippen molar-refractivity contribution in [2.24, 2.45) is 0 Å². The van der Waals surface area contributed by atoms with Crippen LogP contribution < -0.4 is 4.74 Å². The lowest BCUT2D eigenvalue weighted by molar-refractivity contribution is 0.370. The summed E-state index contributed by atoms with van der Waals surface area (Å²) >= 11 is 0. The molecule has 0 saturated heterocycles. The largest absolute Gasteiger partial charge is 0.504 e. The molecule has 1 heterocycles. The summed E-state index contributed by atoms with van der Waals surface area (Å²) in [5, 5.41) is 18.4. The normalized spacial score (nSPS) is 10.6. The molecular weight excluding hydrogens is 278 g/mol. The third-order valence-corrected chi connectivity index (χ3v) is 3.51. The summed E-state index contributed by atoms with van der Waals surface area (Å²) in [6.07, 6.45) is 3.29. The van der Waals surface area contributed by atoms with Gasteiger partial charge in [0.1, 0.15) is 0 Å². The van der Waals surface area contributed by atoms with Crippen LogP contribution in [0.25, 0.3) is 5.69 Å². The number of methoxy groups -OCH3 is 1. The van der Waals surface area contributed by atoms with E-state index in [1.165, 1.54) is 0 Å². The number of benzene rings is 2. The number of nitrogens with zero attached hydrogens (tertiary/aromatic N) is 3. The topological polar surface area (TPSA) is 60.2 Å². The van der Waals surface area contributed by atoms with Crippen LogP contribution >= 0.6 is 0 Å². The molecule has 0 radical (unpaired) electrons. The highest BCUT2D eigenvalue weighted by atomic mass is 16.5. The van der Waals surface area contributed by atoms with E-state index in [0.717, 1.165) is 16.9 Å². The van der Waals surface area contributed by atoms with E-state index in [9.17, 15) is 5.11 Å². The van der Waals surface area contributed by atoms with Crippen molar-refractivity contribution in [1.82, 2.24) is 15.0 Å². The van der Waals surface area contributed by atoms with Gasteiger partial charge in [0.05, 0.1) is 24.7 Å². The number of phenolic OH excluding ortho intramolecular Hbond substituents is 1. The van der Waals surface area contributed by atoms with Crippen molar-refractivity contribution in [2.45, 2.75) is 12.8 Å². The van der Waals surface area contributed by atoms with E-state index in [1.807, 2.05) is 48.7 Å². The van der Waals surface area contributed by atoms with E-state index >= 15 is 0 Å². The van der Waals surface area contributed by atoms with Gasteiger partial charge in [0, 0.05) is 0 Å². The van der Waals surface area contributed by atoms with Crippen LogP contribution in [0.1, 0.15) is 11.3 Å². The molecule has 0 saturated carbocycles. The molecule has 0 aliphatic heterocycles. The molecule has 0 aliphatic rings. The molecule has 0 spiro atoms. The maximum atomic E-state index is 10.1. The molecule has 1 N–H and O–H groups in total. The SMILES string of the molecule is COc1cccc(CCc2cn(-c3ccccc3)nn2)c1O. The second-order valence-electron chi connectivity index (χ2n) is 4.96. The van der Waals surface area contributed by atoms with Crippen LogP contribution in [0.2, 0.25) is 0 Å². The minimum absolute atomic E-state index is 0.195. The minimum Gasteiger partial charge on any atom is -0.504 e. The lowest BCUT2D eigenvalue weighted by Crippen LogP contribution is -1.94. The summed E-state index contributed by atoms with van der Waals surface area (Å²) in [5.41, 5.74) is 2.70. The first-order chi connectivity index (χ1) is 10.8. The average molecular weight is 295 g/mol.